The summed E-state index contributed by atoms with van der Waals surface area (Å²) in [4.78, 5) is 11.9. The predicted octanol–water partition coefficient (Wildman–Crippen LogP) is 2.69. The molecule has 68 valence electrons. The van der Waals surface area contributed by atoms with Gasteiger partial charge in [0.1, 0.15) is 5.82 Å². The fraction of sp³-hybridized carbons (Fsp3) is 0.333. The molecule has 0 spiro atoms. The van der Waals surface area contributed by atoms with Crippen LogP contribution in [0.25, 0.3) is 11.2 Å². The standard InChI is InChI=1S/C9H10IN3/c1-5(2)8-12-7-3-6(10)4-11-9(7)13-8/h3-5H,1-2H3,(H,11,12,13). The maximum Gasteiger partial charge on any atom is 0.177 e. The summed E-state index contributed by atoms with van der Waals surface area (Å²) in [5.74, 6) is 1.43. The van der Waals surface area contributed by atoms with Crippen molar-refractivity contribution in [3.05, 3.63) is 21.7 Å². The van der Waals surface area contributed by atoms with E-state index in [-0.39, 0.29) is 0 Å². The molecule has 2 heterocycles. The van der Waals surface area contributed by atoms with Gasteiger partial charge in [-0.3, -0.25) is 0 Å². The van der Waals surface area contributed by atoms with Gasteiger partial charge in [0.05, 0.1) is 5.52 Å². The molecule has 0 aliphatic carbocycles. The summed E-state index contributed by atoms with van der Waals surface area (Å²) in [6.45, 7) is 4.23. The second kappa shape index (κ2) is 3.25. The average molecular weight is 287 g/mol. The van der Waals surface area contributed by atoms with Gasteiger partial charge in [0.15, 0.2) is 5.65 Å². The molecule has 0 radical (unpaired) electrons. The van der Waals surface area contributed by atoms with E-state index in [9.17, 15) is 0 Å². The molecule has 4 heteroatoms. The van der Waals surface area contributed by atoms with E-state index < -0.39 is 0 Å². The first-order valence-corrected chi connectivity index (χ1v) is 5.26. The van der Waals surface area contributed by atoms with Crippen LogP contribution in [0, 0.1) is 3.57 Å². The Morgan fingerprint density at radius 2 is 2.23 bits per heavy atom. The van der Waals surface area contributed by atoms with Gasteiger partial charge in [0.2, 0.25) is 0 Å². The summed E-state index contributed by atoms with van der Waals surface area (Å²) < 4.78 is 1.13. The lowest BCUT2D eigenvalue weighted by Gasteiger charge is -1.95. The quantitative estimate of drug-likeness (QED) is 0.819. The number of hydrogen-bond donors (Lipinski definition) is 1. The van der Waals surface area contributed by atoms with Crippen molar-refractivity contribution in [1.82, 2.24) is 15.0 Å². The average Bonchev–Trinajstić information content (AvgIpc) is 2.46. The van der Waals surface area contributed by atoms with Gasteiger partial charge < -0.3 is 4.98 Å². The molecule has 3 nitrogen and oxygen atoms in total. The van der Waals surface area contributed by atoms with Crippen LogP contribution in [-0.2, 0) is 0 Å². The van der Waals surface area contributed by atoms with Crippen LogP contribution in [0.3, 0.4) is 0 Å². The van der Waals surface area contributed by atoms with E-state index in [0.29, 0.717) is 5.92 Å². The van der Waals surface area contributed by atoms with Crippen molar-refractivity contribution in [3.8, 4) is 0 Å². The molecule has 0 aliphatic rings. The number of rotatable bonds is 1. The molecule has 0 unspecified atom stereocenters. The molecular formula is C9H10IN3. The maximum atomic E-state index is 4.38. The number of H-pyrrole nitrogens is 1. The van der Waals surface area contributed by atoms with Crippen molar-refractivity contribution in [2.75, 3.05) is 0 Å². The highest BCUT2D eigenvalue weighted by Crippen LogP contribution is 2.16. The Kier molecular flexibility index (Phi) is 2.23. The Morgan fingerprint density at radius 1 is 1.46 bits per heavy atom. The Balaban J connectivity index is 2.62. The Labute approximate surface area is 90.1 Å². The third kappa shape index (κ3) is 1.67. The lowest BCUT2D eigenvalue weighted by Crippen LogP contribution is -1.88. The highest BCUT2D eigenvalue weighted by molar-refractivity contribution is 14.1. The van der Waals surface area contributed by atoms with Crippen LogP contribution in [0.4, 0.5) is 0 Å². The Hall–Kier alpha value is -0.650. The van der Waals surface area contributed by atoms with Gasteiger partial charge in [0, 0.05) is 15.7 Å². The van der Waals surface area contributed by atoms with Crippen LogP contribution in [0.5, 0.6) is 0 Å². The number of aromatic nitrogens is 3. The van der Waals surface area contributed by atoms with Gasteiger partial charge in [-0.25, -0.2) is 9.97 Å². The molecule has 1 N–H and O–H groups in total. The normalized spacial score (nSPS) is 11.4. The molecule has 0 aliphatic heterocycles. The van der Waals surface area contributed by atoms with Crippen LogP contribution in [0.1, 0.15) is 25.6 Å². The van der Waals surface area contributed by atoms with Crippen molar-refractivity contribution >= 4 is 33.8 Å². The van der Waals surface area contributed by atoms with E-state index in [4.69, 9.17) is 0 Å². The third-order valence-electron chi connectivity index (χ3n) is 1.87. The number of aromatic amines is 1. The second-order valence-corrected chi connectivity index (χ2v) is 4.55. The molecule has 2 aromatic rings. The first-order chi connectivity index (χ1) is 6.16. The molecule has 0 bridgehead atoms. The molecule has 2 aromatic heterocycles. The molecule has 2 rings (SSSR count). The molecule has 0 amide bonds. The monoisotopic (exact) mass is 287 g/mol. The number of nitrogens with zero attached hydrogens (tertiary/aromatic N) is 2. The van der Waals surface area contributed by atoms with Gasteiger partial charge >= 0.3 is 0 Å². The molecule has 0 fully saturated rings. The minimum absolute atomic E-state index is 0.423. The SMILES string of the molecule is CC(C)c1nc2ncc(I)cc2[nH]1. The summed E-state index contributed by atoms with van der Waals surface area (Å²) >= 11 is 2.24. The molecule has 0 saturated carbocycles. The van der Waals surface area contributed by atoms with E-state index in [1.165, 1.54) is 0 Å². The predicted molar refractivity (Wildman–Crippen MR) is 60.7 cm³/mol. The molecule has 0 aromatic carbocycles. The van der Waals surface area contributed by atoms with Crippen molar-refractivity contribution in [1.29, 1.82) is 0 Å². The van der Waals surface area contributed by atoms with Gasteiger partial charge in [-0.2, -0.15) is 0 Å². The number of imidazole rings is 1. The number of halogens is 1. The summed E-state index contributed by atoms with van der Waals surface area (Å²) in [6.07, 6.45) is 1.83. The van der Waals surface area contributed by atoms with Gasteiger partial charge in [-0.05, 0) is 28.7 Å². The molecule has 13 heavy (non-hydrogen) atoms. The topological polar surface area (TPSA) is 41.6 Å². The lowest BCUT2D eigenvalue weighted by molar-refractivity contribution is 0.798. The first-order valence-electron chi connectivity index (χ1n) is 4.18. The van der Waals surface area contributed by atoms with E-state index in [2.05, 4.69) is 57.5 Å². The molecule has 0 saturated heterocycles. The van der Waals surface area contributed by atoms with Crippen LogP contribution >= 0.6 is 22.6 Å². The number of fused-ring (bicyclic) bond motifs is 1. The van der Waals surface area contributed by atoms with Crippen LogP contribution < -0.4 is 0 Å². The van der Waals surface area contributed by atoms with Crippen molar-refractivity contribution in [3.63, 3.8) is 0 Å². The minimum Gasteiger partial charge on any atom is -0.340 e. The summed E-state index contributed by atoms with van der Waals surface area (Å²) in [6, 6.07) is 2.06. The van der Waals surface area contributed by atoms with Crippen LogP contribution in [0.2, 0.25) is 0 Å². The van der Waals surface area contributed by atoms with E-state index in [1.54, 1.807) is 0 Å². The van der Waals surface area contributed by atoms with E-state index >= 15 is 0 Å². The van der Waals surface area contributed by atoms with Crippen LogP contribution in [0.15, 0.2) is 12.3 Å². The molecule has 0 atom stereocenters. The van der Waals surface area contributed by atoms with Crippen molar-refractivity contribution in [2.24, 2.45) is 0 Å². The summed E-state index contributed by atoms with van der Waals surface area (Å²) in [5, 5.41) is 0. The van der Waals surface area contributed by atoms with Crippen molar-refractivity contribution < 1.29 is 0 Å². The third-order valence-corrected chi connectivity index (χ3v) is 2.46. The fourth-order valence-electron chi connectivity index (χ4n) is 1.17. The smallest absolute Gasteiger partial charge is 0.177 e. The minimum atomic E-state index is 0.423. The van der Waals surface area contributed by atoms with Gasteiger partial charge in [-0.15, -0.1) is 0 Å². The zero-order valence-electron chi connectivity index (χ0n) is 7.50. The number of pyridine rings is 1. The number of hydrogen-bond acceptors (Lipinski definition) is 2. The zero-order valence-corrected chi connectivity index (χ0v) is 9.66. The lowest BCUT2D eigenvalue weighted by atomic mass is 10.2. The van der Waals surface area contributed by atoms with Crippen molar-refractivity contribution in [2.45, 2.75) is 19.8 Å². The maximum absolute atomic E-state index is 4.38. The van der Waals surface area contributed by atoms with Crippen LogP contribution in [-0.4, -0.2) is 15.0 Å². The van der Waals surface area contributed by atoms with Gasteiger partial charge in [0.25, 0.3) is 0 Å². The Bertz CT molecular complexity index is 433. The summed E-state index contributed by atoms with van der Waals surface area (Å²) in [5.41, 5.74) is 1.83. The first kappa shape index (κ1) is 8.93. The fourth-order valence-corrected chi connectivity index (χ4v) is 1.62. The second-order valence-electron chi connectivity index (χ2n) is 3.30. The van der Waals surface area contributed by atoms with E-state index in [1.807, 2.05) is 6.20 Å². The zero-order chi connectivity index (χ0) is 9.42. The van der Waals surface area contributed by atoms with Gasteiger partial charge in [-0.1, -0.05) is 13.8 Å². The summed E-state index contributed by atoms with van der Waals surface area (Å²) in [7, 11) is 0. The Morgan fingerprint density at radius 3 is 2.92 bits per heavy atom. The van der Waals surface area contributed by atoms with E-state index in [0.717, 1.165) is 20.6 Å². The highest BCUT2D eigenvalue weighted by atomic mass is 127. The molecular weight excluding hydrogens is 277 g/mol. The largest absolute Gasteiger partial charge is 0.340 e. The highest BCUT2D eigenvalue weighted by Gasteiger charge is 2.06. The number of nitrogens with one attached hydrogen (secondary N) is 1.